The highest BCUT2D eigenvalue weighted by molar-refractivity contribution is 7.88. The van der Waals surface area contributed by atoms with Crippen molar-refractivity contribution in [1.29, 1.82) is 0 Å². The van der Waals surface area contributed by atoms with Crippen molar-refractivity contribution in [2.24, 2.45) is 0 Å². The SMILES string of the molecule is COc1c(Cl)ncnc1NCCCNS(C)(=O)=O. The van der Waals surface area contributed by atoms with E-state index in [0.29, 0.717) is 31.1 Å². The van der Waals surface area contributed by atoms with Crippen molar-refractivity contribution in [3.8, 4) is 5.75 Å². The first kappa shape index (κ1) is 14.9. The molecule has 0 amide bonds. The maximum Gasteiger partial charge on any atom is 0.208 e. The Kier molecular flexibility index (Phi) is 5.57. The van der Waals surface area contributed by atoms with E-state index in [4.69, 9.17) is 16.3 Å². The number of hydrogen-bond donors (Lipinski definition) is 2. The molecule has 0 saturated heterocycles. The molecule has 0 aliphatic rings. The van der Waals surface area contributed by atoms with Crippen molar-refractivity contribution in [3.63, 3.8) is 0 Å². The van der Waals surface area contributed by atoms with Crippen LogP contribution >= 0.6 is 11.6 Å². The first-order valence-corrected chi connectivity index (χ1v) is 7.44. The Hall–Kier alpha value is -1.12. The van der Waals surface area contributed by atoms with Crippen LogP contribution in [0.2, 0.25) is 5.15 Å². The van der Waals surface area contributed by atoms with Gasteiger partial charge in [0.15, 0.2) is 16.7 Å². The molecule has 1 rings (SSSR count). The lowest BCUT2D eigenvalue weighted by atomic mass is 10.4. The van der Waals surface area contributed by atoms with E-state index in [2.05, 4.69) is 20.0 Å². The number of aromatic nitrogens is 2. The van der Waals surface area contributed by atoms with E-state index in [0.717, 1.165) is 6.26 Å². The topological polar surface area (TPSA) is 93.2 Å². The number of ether oxygens (including phenoxy) is 1. The van der Waals surface area contributed by atoms with E-state index in [-0.39, 0.29) is 5.15 Å². The van der Waals surface area contributed by atoms with Gasteiger partial charge in [-0.3, -0.25) is 0 Å². The van der Waals surface area contributed by atoms with Gasteiger partial charge in [0.1, 0.15) is 6.33 Å². The molecule has 0 fully saturated rings. The summed E-state index contributed by atoms with van der Waals surface area (Å²) in [6, 6.07) is 0. The van der Waals surface area contributed by atoms with Gasteiger partial charge in [-0.1, -0.05) is 11.6 Å². The van der Waals surface area contributed by atoms with Gasteiger partial charge in [0.05, 0.1) is 13.4 Å². The second kappa shape index (κ2) is 6.72. The van der Waals surface area contributed by atoms with Gasteiger partial charge in [-0.15, -0.1) is 0 Å². The molecule has 1 aromatic heterocycles. The molecule has 1 heterocycles. The summed E-state index contributed by atoms with van der Waals surface area (Å²) in [7, 11) is -1.66. The van der Waals surface area contributed by atoms with Gasteiger partial charge in [-0.2, -0.15) is 0 Å². The zero-order chi connectivity index (χ0) is 13.6. The van der Waals surface area contributed by atoms with Crippen LogP contribution in [0.15, 0.2) is 6.33 Å². The smallest absolute Gasteiger partial charge is 0.208 e. The van der Waals surface area contributed by atoms with E-state index in [9.17, 15) is 8.42 Å². The van der Waals surface area contributed by atoms with Crippen molar-refractivity contribution in [2.75, 3.05) is 31.8 Å². The molecule has 0 atom stereocenters. The lowest BCUT2D eigenvalue weighted by Gasteiger charge is -2.10. The van der Waals surface area contributed by atoms with Crippen molar-refractivity contribution in [1.82, 2.24) is 14.7 Å². The maximum atomic E-state index is 10.8. The second-order valence-electron chi connectivity index (χ2n) is 3.49. The van der Waals surface area contributed by atoms with E-state index >= 15 is 0 Å². The Morgan fingerprint density at radius 2 is 2.11 bits per heavy atom. The molecule has 0 radical (unpaired) electrons. The fourth-order valence-electron chi connectivity index (χ4n) is 1.21. The van der Waals surface area contributed by atoms with Crippen LogP contribution in [-0.2, 0) is 10.0 Å². The van der Waals surface area contributed by atoms with Crippen LogP contribution in [-0.4, -0.2) is 44.8 Å². The first-order valence-electron chi connectivity index (χ1n) is 5.17. The number of halogens is 1. The van der Waals surface area contributed by atoms with Crippen molar-refractivity contribution in [3.05, 3.63) is 11.5 Å². The molecule has 0 unspecified atom stereocenters. The second-order valence-corrected chi connectivity index (χ2v) is 5.68. The molecule has 0 aliphatic heterocycles. The Morgan fingerprint density at radius 1 is 1.39 bits per heavy atom. The molecular weight excluding hydrogens is 280 g/mol. The standard InChI is InChI=1S/C9H15ClN4O3S/c1-17-7-8(10)12-6-13-9(7)11-4-3-5-14-18(2,15)16/h6,14H,3-5H2,1-2H3,(H,11,12,13). The molecule has 0 saturated carbocycles. The Morgan fingerprint density at radius 3 is 2.72 bits per heavy atom. The van der Waals surface area contributed by atoms with Gasteiger partial charge in [-0.05, 0) is 6.42 Å². The van der Waals surface area contributed by atoms with Gasteiger partial charge in [0.2, 0.25) is 10.0 Å². The number of rotatable bonds is 7. The van der Waals surface area contributed by atoms with Gasteiger partial charge in [0, 0.05) is 13.1 Å². The summed E-state index contributed by atoms with van der Waals surface area (Å²) >= 11 is 5.82. The molecule has 102 valence electrons. The normalized spacial score (nSPS) is 11.3. The minimum absolute atomic E-state index is 0.226. The molecule has 0 aliphatic carbocycles. The van der Waals surface area contributed by atoms with Crippen LogP contribution in [0.3, 0.4) is 0 Å². The first-order chi connectivity index (χ1) is 8.44. The van der Waals surface area contributed by atoms with Crippen LogP contribution in [0, 0.1) is 0 Å². The molecular formula is C9H15ClN4O3S. The highest BCUT2D eigenvalue weighted by atomic mass is 35.5. The zero-order valence-corrected chi connectivity index (χ0v) is 11.7. The maximum absolute atomic E-state index is 10.8. The molecule has 9 heteroatoms. The summed E-state index contributed by atoms with van der Waals surface area (Å²) in [4.78, 5) is 7.77. The summed E-state index contributed by atoms with van der Waals surface area (Å²) < 4.78 is 29.1. The summed E-state index contributed by atoms with van der Waals surface area (Å²) in [5.41, 5.74) is 0. The third-order valence-electron chi connectivity index (χ3n) is 1.97. The van der Waals surface area contributed by atoms with Gasteiger partial charge in [0.25, 0.3) is 0 Å². The van der Waals surface area contributed by atoms with Crippen LogP contribution in [0.4, 0.5) is 5.82 Å². The molecule has 0 bridgehead atoms. The Labute approximate surface area is 111 Å². The number of anilines is 1. The van der Waals surface area contributed by atoms with Crippen molar-refractivity contribution in [2.45, 2.75) is 6.42 Å². The lowest BCUT2D eigenvalue weighted by Crippen LogP contribution is -2.24. The van der Waals surface area contributed by atoms with Crippen LogP contribution in [0.1, 0.15) is 6.42 Å². The third-order valence-corrected chi connectivity index (χ3v) is 2.97. The predicted octanol–water partition coefficient (Wildman–Crippen LogP) is 0.490. The van der Waals surface area contributed by atoms with Crippen LogP contribution < -0.4 is 14.8 Å². The molecule has 1 aromatic rings. The molecule has 2 N–H and O–H groups in total. The summed E-state index contributed by atoms with van der Waals surface area (Å²) in [6.07, 6.45) is 3.05. The molecule has 0 spiro atoms. The fourth-order valence-corrected chi connectivity index (χ4v) is 1.94. The van der Waals surface area contributed by atoms with Gasteiger partial charge in [-0.25, -0.2) is 23.1 Å². The molecule has 18 heavy (non-hydrogen) atoms. The van der Waals surface area contributed by atoms with Gasteiger partial charge < -0.3 is 10.1 Å². The van der Waals surface area contributed by atoms with Crippen LogP contribution in [0.25, 0.3) is 0 Å². The summed E-state index contributed by atoms with van der Waals surface area (Å²) in [6.45, 7) is 0.888. The minimum Gasteiger partial charge on any atom is -0.490 e. The van der Waals surface area contributed by atoms with Crippen LogP contribution in [0.5, 0.6) is 5.75 Å². The van der Waals surface area contributed by atoms with E-state index in [1.165, 1.54) is 13.4 Å². The monoisotopic (exact) mass is 294 g/mol. The van der Waals surface area contributed by atoms with Crippen molar-refractivity contribution >= 4 is 27.4 Å². The zero-order valence-electron chi connectivity index (χ0n) is 10.1. The average Bonchev–Trinajstić information content (AvgIpc) is 2.27. The predicted molar refractivity (Wildman–Crippen MR) is 69.5 cm³/mol. The van der Waals surface area contributed by atoms with Crippen molar-refractivity contribution < 1.29 is 13.2 Å². The number of hydrogen-bond acceptors (Lipinski definition) is 6. The Bertz CT molecular complexity index is 495. The van der Waals surface area contributed by atoms with E-state index in [1.807, 2.05) is 0 Å². The third kappa shape index (κ3) is 5.03. The Balaban J connectivity index is 2.42. The number of sulfonamides is 1. The summed E-state index contributed by atoms with van der Waals surface area (Å²) in [5.74, 6) is 0.854. The quantitative estimate of drug-likeness (QED) is 0.561. The molecule has 7 nitrogen and oxygen atoms in total. The lowest BCUT2D eigenvalue weighted by molar-refractivity contribution is 0.413. The largest absolute Gasteiger partial charge is 0.490 e. The van der Waals surface area contributed by atoms with Gasteiger partial charge >= 0.3 is 0 Å². The summed E-state index contributed by atoms with van der Waals surface area (Å²) in [5, 5.41) is 3.22. The van der Waals surface area contributed by atoms with E-state index < -0.39 is 10.0 Å². The number of nitrogens with one attached hydrogen (secondary N) is 2. The minimum atomic E-state index is -3.14. The number of nitrogens with zero attached hydrogens (tertiary/aromatic N) is 2. The highest BCUT2D eigenvalue weighted by Gasteiger charge is 2.09. The average molecular weight is 295 g/mol. The highest BCUT2D eigenvalue weighted by Crippen LogP contribution is 2.27. The fraction of sp³-hybridized carbons (Fsp3) is 0.556. The molecule has 0 aromatic carbocycles. The number of methoxy groups -OCH3 is 1. The van der Waals surface area contributed by atoms with E-state index in [1.54, 1.807) is 0 Å².